The van der Waals surface area contributed by atoms with E-state index in [9.17, 15) is 0 Å². The van der Waals surface area contributed by atoms with Gasteiger partial charge < -0.3 is 15.2 Å². The predicted octanol–water partition coefficient (Wildman–Crippen LogP) is 2.72. The lowest BCUT2D eigenvalue weighted by molar-refractivity contribution is 0.174. The number of ether oxygens (including phenoxy) is 2. The van der Waals surface area contributed by atoms with Crippen LogP contribution in [0.2, 0.25) is 0 Å². The first-order valence-electron chi connectivity index (χ1n) is 6.95. The average Bonchev–Trinajstić information content (AvgIpc) is 2.99. The monoisotopic (exact) mass is 247 g/mol. The summed E-state index contributed by atoms with van der Waals surface area (Å²) < 4.78 is 10.8. The molecule has 1 aliphatic heterocycles. The van der Waals surface area contributed by atoms with Crippen LogP contribution in [0.1, 0.15) is 31.2 Å². The molecule has 0 amide bonds. The maximum Gasteiger partial charge on any atom is 0.231 e. The van der Waals surface area contributed by atoms with Gasteiger partial charge in [0.25, 0.3) is 0 Å². The first-order chi connectivity index (χ1) is 8.86. The van der Waals surface area contributed by atoms with Crippen molar-refractivity contribution in [1.29, 1.82) is 0 Å². The summed E-state index contributed by atoms with van der Waals surface area (Å²) in [5.74, 6) is 3.40. The van der Waals surface area contributed by atoms with E-state index in [0.29, 0.717) is 6.79 Å². The maximum absolute atomic E-state index is 5.70. The number of fused-ring (bicyclic) bond motifs is 1. The molecule has 1 aromatic rings. The van der Waals surface area contributed by atoms with Crippen LogP contribution >= 0.6 is 0 Å². The molecular weight excluding hydrogens is 226 g/mol. The second-order valence-electron chi connectivity index (χ2n) is 5.42. The normalized spacial score (nSPS) is 25.6. The van der Waals surface area contributed by atoms with Gasteiger partial charge in [0.2, 0.25) is 6.79 Å². The molecule has 2 atom stereocenters. The van der Waals surface area contributed by atoms with Crippen molar-refractivity contribution in [3.63, 3.8) is 0 Å². The Hall–Kier alpha value is -1.22. The Morgan fingerprint density at radius 3 is 2.83 bits per heavy atom. The summed E-state index contributed by atoms with van der Waals surface area (Å²) >= 11 is 0. The molecule has 1 heterocycles. The van der Waals surface area contributed by atoms with Crippen molar-refractivity contribution in [2.75, 3.05) is 13.3 Å². The van der Waals surface area contributed by atoms with Crippen molar-refractivity contribution in [2.24, 2.45) is 17.6 Å². The van der Waals surface area contributed by atoms with Gasteiger partial charge in [0, 0.05) is 0 Å². The molecule has 0 spiro atoms. The van der Waals surface area contributed by atoms with Gasteiger partial charge in [-0.05, 0) is 55.3 Å². The lowest BCUT2D eigenvalue weighted by Crippen LogP contribution is -2.15. The highest BCUT2D eigenvalue weighted by molar-refractivity contribution is 5.44. The van der Waals surface area contributed by atoms with E-state index < -0.39 is 0 Å². The van der Waals surface area contributed by atoms with Gasteiger partial charge >= 0.3 is 0 Å². The molecule has 3 rings (SSSR count). The molecule has 0 bridgehead atoms. The summed E-state index contributed by atoms with van der Waals surface area (Å²) in [6.45, 7) is 1.18. The SMILES string of the molecule is NCCC1CCCC1Cc1ccc2c(c1)OCO2. The topological polar surface area (TPSA) is 44.5 Å². The number of hydrogen-bond donors (Lipinski definition) is 1. The summed E-state index contributed by atoms with van der Waals surface area (Å²) in [5.41, 5.74) is 7.07. The molecule has 0 saturated heterocycles. The average molecular weight is 247 g/mol. The third-order valence-electron chi connectivity index (χ3n) is 4.29. The van der Waals surface area contributed by atoms with Gasteiger partial charge in [-0.2, -0.15) is 0 Å². The summed E-state index contributed by atoms with van der Waals surface area (Å²) in [4.78, 5) is 0. The van der Waals surface area contributed by atoms with E-state index in [0.717, 1.165) is 36.3 Å². The van der Waals surface area contributed by atoms with Gasteiger partial charge in [-0.15, -0.1) is 0 Å². The molecule has 2 N–H and O–H groups in total. The molecule has 2 unspecified atom stereocenters. The number of benzene rings is 1. The summed E-state index contributed by atoms with van der Waals surface area (Å²) in [7, 11) is 0. The standard InChI is InChI=1S/C15H21NO2/c16-7-6-12-2-1-3-13(12)8-11-4-5-14-15(9-11)18-10-17-14/h4-5,9,12-13H,1-3,6-8,10,16H2. The minimum atomic E-state index is 0.359. The van der Waals surface area contributed by atoms with Crippen LogP contribution in [0.4, 0.5) is 0 Å². The molecule has 0 radical (unpaired) electrons. The smallest absolute Gasteiger partial charge is 0.231 e. The molecule has 2 aliphatic rings. The minimum absolute atomic E-state index is 0.359. The van der Waals surface area contributed by atoms with Crippen LogP contribution in [0.15, 0.2) is 18.2 Å². The van der Waals surface area contributed by atoms with E-state index in [1.807, 2.05) is 6.07 Å². The van der Waals surface area contributed by atoms with Crippen molar-refractivity contribution in [3.05, 3.63) is 23.8 Å². The van der Waals surface area contributed by atoms with E-state index in [4.69, 9.17) is 15.2 Å². The Bertz CT molecular complexity index is 419. The highest BCUT2D eigenvalue weighted by atomic mass is 16.7. The Balaban J connectivity index is 1.68. The van der Waals surface area contributed by atoms with E-state index >= 15 is 0 Å². The second-order valence-corrected chi connectivity index (χ2v) is 5.42. The van der Waals surface area contributed by atoms with Crippen LogP contribution in [0.3, 0.4) is 0 Å². The minimum Gasteiger partial charge on any atom is -0.454 e. The number of nitrogens with two attached hydrogens (primary N) is 1. The fourth-order valence-corrected chi connectivity index (χ4v) is 3.35. The van der Waals surface area contributed by atoms with Crippen molar-refractivity contribution in [2.45, 2.75) is 32.1 Å². The Kier molecular flexibility index (Phi) is 3.41. The van der Waals surface area contributed by atoms with Crippen molar-refractivity contribution in [1.82, 2.24) is 0 Å². The first-order valence-corrected chi connectivity index (χ1v) is 6.95. The van der Waals surface area contributed by atoms with Crippen LogP contribution < -0.4 is 15.2 Å². The molecule has 18 heavy (non-hydrogen) atoms. The summed E-state index contributed by atoms with van der Waals surface area (Å²) in [5, 5.41) is 0. The van der Waals surface area contributed by atoms with Gasteiger partial charge in [-0.1, -0.05) is 18.9 Å². The van der Waals surface area contributed by atoms with Crippen LogP contribution in [0, 0.1) is 11.8 Å². The van der Waals surface area contributed by atoms with E-state index in [1.165, 1.54) is 31.2 Å². The van der Waals surface area contributed by atoms with Gasteiger partial charge in [0.15, 0.2) is 11.5 Å². The molecule has 98 valence electrons. The van der Waals surface area contributed by atoms with Crippen molar-refractivity contribution >= 4 is 0 Å². The fourth-order valence-electron chi connectivity index (χ4n) is 3.35. The predicted molar refractivity (Wildman–Crippen MR) is 70.8 cm³/mol. The van der Waals surface area contributed by atoms with Crippen LogP contribution in [-0.2, 0) is 6.42 Å². The lowest BCUT2D eigenvalue weighted by Gasteiger charge is -2.19. The molecule has 1 saturated carbocycles. The molecule has 0 aromatic heterocycles. The quantitative estimate of drug-likeness (QED) is 0.889. The summed E-state index contributed by atoms with van der Waals surface area (Å²) in [6.07, 6.45) is 6.39. The maximum atomic E-state index is 5.70. The van der Waals surface area contributed by atoms with E-state index in [1.54, 1.807) is 0 Å². The summed E-state index contributed by atoms with van der Waals surface area (Å²) in [6, 6.07) is 6.34. The highest BCUT2D eigenvalue weighted by Gasteiger charge is 2.27. The second kappa shape index (κ2) is 5.19. The third-order valence-corrected chi connectivity index (χ3v) is 4.29. The van der Waals surface area contributed by atoms with E-state index in [-0.39, 0.29) is 0 Å². The molecule has 1 fully saturated rings. The number of hydrogen-bond acceptors (Lipinski definition) is 3. The Morgan fingerprint density at radius 2 is 1.94 bits per heavy atom. The molecule has 3 nitrogen and oxygen atoms in total. The van der Waals surface area contributed by atoms with Gasteiger partial charge in [-0.25, -0.2) is 0 Å². The zero-order valence-corrected chi connectivity index (χ0v) is 10.7. The lowest BCUT2D eigenvalue weighted by atomic mass is 9.87. The van der Waals surface area contributed by atoms with Crippen LogP contribution in [0.25, 0.3) is 0 Å². The van der Waals surface area contributed by atoms with E-state index in [2.05, 4.69) is 12.1 Å². The Labute approximate surface area is 108 Å². The number of rotatable bonds is 4. The van der Waals surface area contributed by atoms with Crippen molar-refractivity contribution in [3.8, 4) is 11.5 Å². The first kappa shape index (κ1) is 11.8. The third kappa shape index (κ3) is 2.32. The highest BCUT2D eigenvalue weighted by Crippen LogP contribution is 2.38. The van der Waals surface area contributed by atoms with Crippen LogP contribution in [0.5, 0.6) is 11.5 Å². The van der Waals surface area contributed by atoms with Gasteiger partial charge in [0.05, 0.1) is 0 Å². The fraction of sp³-hybridized carbons (Fsp3) is 0.600. The molecule has 3 heteroatoms. The van der Waals surface area contributed by atoms with Gasteiger partial charge in [-0.3, -0.25) is 0 Å². The van der Waals surface area contributed by atoms with Crippen LogP contribution in [-0.4, -0.2) is 13.3 Å². The molecular formula is C15H21NO2. The molecule has 1 aliphatic carbocycles. The van der Waals surface area contributed by atoms with Gasteiger partial charge in [0.1, 0.15) is 0 Å². The molecule has 1 aromatic carbocycles. The zero-order valence-electron chi connectivity index (χ0n) is 10.7. The largest absolute Gasteiger partial charge is 0.454 e. The zero-order chi connectivity index (χ0) is 12.4. The van der Waals surface area contributed by atoms with Crippen molar-refractivity contribution < 1.29 is 9.47 Å². The Morgan fingerprint density at radius 1 is 1.11 bits per heavy atom.